The fourth-order valence-electron chi connectivity index (χ4n) is 2.14. The van der Waals surface area contributed by atoms with Crippen molar-refractivity contribution in [3.8, 4) is 5.75 Å². The van der Waals surface area contributed by atoms with Gasteiger partial charge in [-0.15, -0.1) is 0 Å². The molecule has 0 saturated carbocycles. The van der Waals surface area contributed by atoms with E-state index >= 15 is 0 Å². The van der Waals surface area contributed by atoms with Crippen LogP contribution in [-0.2, 0) is 0 Å². The summed E-state index contributed by atoms with van der Waals surface area (Å²) in [7, 11) is 0. The highest BCUT2D eigenvalue weighted by atomic mass is 35.5. The highest BCUT2D eigenvalue weighted by Gasteiger charge is 2.21. The van der Waals surface area contributed by atoms with Gasteiger partial charge in [-0.05, 0) is 57.2 Å². The molecule has 2 aromatic carbocycles. The number of ketones is 1. The Balaban J connectivity index is 2.23. The molecule has 0 aliphatic rings. The van der Waals surface area contributed by atoms with E-state index < -0.39 is 6.09 Å². The third-order valence-corrected chi connectivity index (χ3v) is 3.52. The van der Waals surface area contributed by atoms with Crippen molar-refractivity contribution in [3.63, 3.8) is 0 Å². The minimum absolute atomic E-state index is 0.0821. The zero-order valence-electron chi connectivity index (χ0n) is 13.2. The van der Waals surface area contributed by atoms with E-state index in [2.05, 4.69) is 0 Å². The first-order valence-corrected chi connectivity index (χ1v) is 7.64. The maximum atomic E-state index is 12.5. The number of nitrogens with zero attached hydrogens (tertiary/aromatic N) is 1. The quantitative estimate of drug-likeness (QED) is 0.744. The van der Waals surface area contributed by atoms with Gasteiger partial charge in [-0.3, -0.25) is 9.69 Å². The van der Waals surface area contributed by atoms with Crippen LogP contribution in [0.1, 0.15) is 31.1 Å². The Morgan fingerprint density at radius 3 is 2.30 bits per heavy atom. The average molecular weight is 332 g/mol. The predicted molar refractivity (Wildman–Crippen MR) is 91.5 cm³/mol. The van der Waals surface area contributed by atoms with Crippen LogP contribution in [0, 0.1) is 0 Å². The third kappa shape index (κ3) is 4.33. The first kappa shape index (κ1) is 17.0. The Morgan fingerprint density at radius 1 is 1.09 bits per heavy atom. The molecule has 0 atom stereocenters. The number of carbonyl (C=O) groups excluding carboxylic acids is 2. The largest absolute Gasteiger partial charge is 0.419 e. The van der Waals surface area contributed by atoms with Crippen molar-refractivity contribution in [2.45, 2.75) is 26.8 Å². The lowest BCUT2D eigenvalue weighted by molar-refractivity contribution is 0.101. The predicted octanol–water partition coefficient (Wildman–Crippen LogP) is 4.96. The molecule has 0 bridgehead atoms. The molecule has 0 unspecified atom stereocenters. The van der Waals surface area contributed by atoms with E-state index in [0.717, 1.165) is 0 Å². The maximum absolute atomic E-state index is 12.5. The van der Waals surface area contributed by atoms with Crippen LogP contribution < -0.4 is 9.64 Å². The number of halogens is 1. The Labute approximate surface area is 140 Å². The molecule has 2 aromatic rings. The van der Waals surface area contributed by atoms with Gasteiger partial charge < -0.3 is 4.74 Å². The molecule has 5 heteroatoms. The standard InChI is InChI=1S/C18H18ClNO3/c1-12(2)20(16-9-7-15(19)8-10-16)18(22)23-17-6-4-5-14(11-17)13(3)21/h4-12H,1-3H3. The number of rotatable bonds is 4. The van der Waals surface area contributed by atoms with Crippen molar-refractivity contribution < 1.29 is 14.3 Å². The van der Waals surface area contributed by atoms with Gasteiger partial charge in [-0.2, -0.15) is 0 Å². The summed E-state index contributed by atoms with van der Waals surface area (Å²) in [6.07, 6.45) is -0.511. The van der Waals surface area contributed by atoms with Crippen molar-refractivity contribution in [2.75, 3.05) is 4.90 Å². The number of amides is 1. The van der Waals surface area contributed by atoms with E-state index in [1.807, 2.05) is 13.8 Å². The second-order valence-corrected chi connectivity index (χ2v) is 5.83. The van der Waals surface area contributed by atoms with Crippen molar-refractivity contribution in [3.05, 3.63) is 59.1 Å². The molecular weight excluding hydrogens is 314 g/mol. The number of Topliss-reactive ketones (excluding diaryl/α,β-unsaturated/α-hetero) is 1. The highest BCUT2D eigenvalue weighted by molar-refractivity contribution is 6.30. The third-order valence-electron chi connectivity index (χ3n) is 3.26. The van der Waals surface area contributed by atoms with Gasteiger partial charge in [0.2, 0.25) is 0 Å². The van der Waals surface area contributed by atoms with E-state index in [0.29, 0.717) is 22.0 Å². The van der Waals surface area contributed by atoms with Gasteiger partial charge in [0.05, 0.1) is 0 Å². The zero-order valence-corrected chi connectivity index (χ0v) is 14.0. The number of benzene rings is 2. The zero-order chi connectivity index (χ0) is 17.0. The van der Waals surface area contributed by atoms with Crippen LogP contribution in [0.25, 0.3) is 0 Å². The van der Waals surface area contributed by atoms with E-state index in [1.54, 1.807) is 48.5 Å². The summed E-state index contributed by atoms with van der Waals surface area (Å²) < 4.78 is 5.42. The van der Waals surface area contributed by atoms with E-state index in [4.69, 9.17) is 16.3 Å². The van der Waals surface area contributed by atoms with Gasteiger partial charge in [-0.25, -0.2) is 4.79 Å². The Morgan fingerprint density at radius 2 is 1.74 bits per heavy atom. The highest BCUT2D eigenvalue weighted by Crippen LogP contribution is 2.22. The van der Waals surface area contributed by atoms with E-state index in [-0.39, 0.29) is 11.8 Å². The molecule has 4 nitrogen and oxygen atoms in total. The van der Waals surface area contributed by atoms with Crippen molar-refractivity contribution in [2.24, 2.45) is 0 Å². The fourth-order valence-corrected chi connectivity index (χ4v) is 2.27. The molecule has 0 aliphatic carbocycles. The minimum atomic E-state index is -0.511. The number of hydrogen-bond donors (Lipinski definition) is 0. The summed E-state index contributed by atoms with van der Waals surface area (Å²) in [5, 5.41) is 0.597. The number of carbonyl (C=O) groups is 2. The van der Waals surface area contributed by atoms with Crippen LogP contribution in [0.5, 0.6) is 5.75 Å². The average Bonchev–Trinajstić information content (AvgIpc) is 2.49. The summed E-state index contributed by atoms with van der Waals surface area (Å²) in [5.74, 6) is 0.253. The molecule has 23 heavy (non-hydrogen) atoms. The molecule has 0 heterocycles. The van der Waals surface area contributed by atoms with Crippen LogP contribution in [-0.4, -0.2) is 17.9 Å². The number of ether oxygens (including phenoxy) is 1. The van der Waals surface area contributed by atoms with Crippen molar-refractivity contribution in [1.29, 1.82) is 0 Å². The number of hydrogen-bond acceptors (Lipinski definition) is 3. The molecule has 0 N–H and O–H groups in total. The number of anilines is 1. The summed E-state index contributed by atoms with van der Waals surface area (Å²) >= 11 is 5.89. The molecule has 120 valence electrons. The Hall–Kier alpha value is -2.33. The lowest BCUT2D eigenvalue weighted by Crippen LogP contribution is -2.39. The molecule has 0 saturated heterocycles. The molecule has 0 aromatic heterocycles. The molecule has 1 amide bonds. The van der Waals surface area contributed by atoms with Crippen LogP contribution in [0.15, 0.2) is 48.5 Å². The van der Waals surface area contributed by atoms with Gasteiger partial charge in [0.1, 0.15) is 5.75 Å². The molecular formula is C18H18ClNO3. The summed E-state index contributed by atoms with van der Waals surface area (Å²) in [5.41, 5.74) is 1.19. The Kier molecular flexibility index (Phi) is 5.40. The SMILES string of the molecule is CC(=O)c1cccc(OC(=O)N(c2ccc(Cl)cc2)C(C)C)c1. The van der Waals surface area contributed by atoms with Gasteiger partial charge in [0.25, 0.3) is 0 Å². The second-order valence-electron chi connectivity index (χ2n) is 5.39. The lowest BCUT2D eigenvalue weighted by Gasteiger charge is -2.26. The van der Waals surface area contributed by atoms with Gasteiger partial charge in [0.15, 0.2) is 5.78 Å². The monoisotopic (exact) mass is 331 g/mol. The second kappa shape index (κ2) is 7.29. The molecule has 0 fully saturated rings. The fraction of sp³-hybridized carbons (Fsp3) is 0.222. The first-order chi connectivity index (χ1) is 10.9. The summed E-state index contributed by atoms with van der Waals surface area (Å²) in [6, 6.07) is 13.4. The van der Waals surface area contributed by atoms with Gasteiger partial charge >= 0.3 is 6.09 Å². The van der Waals surface area contributed by atoms with Crippen molar-refractivity contribution >= 4 is 29.2 Å². The minimum Gasteiger partial charge on any atom is -0.410 e. The molecule has 0 spiro atoms. The lowest BCUT2D eigenvalue weighted by atomic mass is 10.1. The normalized spacial score (nSPS) is 10.5. The molecule has 0 radical (unpaired) electrons. The summed E-state index contributed by atoms with van der Waals surface area (Å²) in [4.78, 5) is 25.4. The summed E-state index contributed by atoms with van der Waals surface area (Å²) in [6.45, 7) is 5.25. The first-order valence-electron chi connectivity index (χ1n) is 7.26. The van der Waals surface area contributed by atoms with Crippen LogP contribution in [0.4, 0.5) is 10.5 Å². The van der Waals surface area contributed by atoms with Crippen LogP contribution in [0.2, 0.25) is 5.02 Å². The van der Waals surface area contributed by atoms with Gasteiger partial charge in [0, 0.05) is 22.3 Å². The molecule has 2 rings (SSSR count). The Bertz CT molecular complexity index is 710. The van der Waals surface area contributed by atoms with Crippen molar-refractivity contribution in [1.82, 2.24) is 0 Å². The smallest absolute Gasteiger partial charge is 0.410 e. The van der Waals surface area contributed by atoms with E-state index in [9.17, 15) is 9.59 Å². The van der Waals surface area contributed by atoms with E-state index in [1.165, 1.54) is 11.8 Å². The van der Waals surface area contributed by atoms with Gasteiger partial charge in [-0.1, -0.05) is 23.7 Å². The topological polar surface area (TPSA) is 46.6 Å². The van der Waals surface area contributed by atoms with Crippen LogP contribution in [0.3, 0.4) is 0 Å². The maximum Gasteiger partial charge on any atom is 0.419 e. The van der Waals surface area contributed by atoms with Crippen LogP contribution >= 0.6 is 11.6 Å². The molecule has 0 aliphatic heterocycles.